The topological polar surface area (TPSA) is 6.48 Å². The Labute approximate surface area is 150 Å². The molecule has 3 aromatic rings. The lowest BCUT2D eigenvalue weighted by molar-refractivity contribution is 1.12. The average Bonchev–Trinajstić information content (AvgIpc) is 2.67. The molecule has 0 saturated heterocycles. The second-order valence-electron chi connectivity index (χ2n) is 6.19. The molecule has 3 aromatic carbocycles. The molecule has 2 heteroatoms. The maximum Gasteiger partial charge on any atom is 0.0455 e. The van der Waals surface area contributed by atoms with E-state index in [0.717, 1.165) is 17.8 Å². The molecule has 3 rings (SSSR count). The number of nitrogens with zero attached hydrogens (tertiary/aromatic N) is 2. The molecule has 126 valence electrons. The van der Waals surface area contributed by atoms with Gasteiger partial charge in [-0.25, -0.2) is 0 Å². The predicted octanol–water partition coefficient (Wildman–Crippen LogP) is 5.65. The summed E-state index contributed by atoms with van der Waals surface area (Å²) in [6.45, 7) is 0. The van der Waals surface area contributed by atoms with E-state index in [1.165, 1.54) is 11.3 Å². The Hall–Kier alpha value is -3.00. The molecule has 0 heterocycles. The Bertz CT molecular complexity index is 751. The van der Waals surface area contributed by atoms with Crippen molar-refractivity contribution in [1.82, 2.24) is 0 Å². The summed E-state index contributed by atoms with van der Waals surface area (Å²) in [5.74, 6) is 0. The zero-order valence-electron chi connectivity index (χ0n) is 14.8. The molecule has 0 aliphatic carbocycles. The minimum atomic E-state index is 0.907. The first kappa shape index (κ1) is 16.8. The van der Waals surface area contributed by atoms with Gasteiger partial charge < -0.3 is 9.80 Å². The van der Waals surface area contributed by atoms with Crippen LogP contribution < -0.4 is 9.80 Å². The Morgan fingerprint density at radius 3 is 1.64 bits per heavy atom. The molecule has 0 unspecified atom stereocenters. The Kier molecular flexibility index (Phi) is 5.53. The van der Waals surface area contributed by atoms with E-state index in [-0.39, 0.29) is 0 Å². The van der Waals surface area contributed by atoms with E-state index in [1.807, 2.05) is 12.1 Å². The Balaban J connectivity index is 1.77. The third-order valence-corrected chi connectivity index (χ3v) is 4.13. The van der Waals surface area contributed by atoms with E-state index in [4.69, 9.17) is 0 Å². The molecule has 0 aliphatic rings. The quantitative estimate of drug-likeness (QED) is 0.577. The fourth-order valence-corrected chi connectivity index (χ4v) is 2.72. The number of hydrogen-bond acceptors (Lipinski definition) is 2. The molecule has 0 aromatic heterocycles. The highest BCUT2D eigenvalue weighted by molar-refractivity contribution is 5.65. The van der Waals surface area contributed by atoms with Gasteiger partial charge in [-0.2, -0.15) is 0 Å². The number of allylic oxidation sites excluding steroid dienone is 1. The fourth-order valence-electron chi connectivity index (χ4n) is 2.72. The largest absolute Gasteiger partial charge is 0.378 e. The van der Waals surface area contributed by atoms with Crippen molar-refractivity contribution in [2.45, 2.75) is 6.42 Å². The van der Waals surface area contributed by atoms with Crippen molar-refractivity contribution in [1.29, 1.82) is 0 Å². The van der Waals surface area contributed by atoms with Crippen LogP contribution in [0.25, 0.3) is 0 Å². The summed E-state index contributed by atoms with van der Waals surface area (Å²) in [5.41, 5.74) is 4.85. The van der Waals surface area contributed by atoms with Gasteiger partial charge in [-0.3, -0.25) is 0 Å². The van der Waals surface area contributed by atoms with Crippen molar-refractivity contribution in [2.24, 2.45) is 0 Å². The highest BCUT2D eigenvalue weighted by atomic mass is 15.1. The molecule has 2 nitrogen and oxygen atoms in total. The molecular weight excluding hydrogens is 304 g/mol. The van der Waals surface area contributed by atoms with E-state index < -0.39 is 0 Å². The standard InChI is InChI=1S/C23H24N2/c1-24(2)21-17-15-20(16-18-21)10-9-19-25(22-11-5-3-6-12-22)23-13-7-4-8-14-23/h3-9,11-19H,10H2,1-2H3. The lowest BCUT2D eigenvalue weighted by atomic mass is 10.1. The second kappa shape index (κ2) is 8.20. The van der Waals surface area contributed by atoms with Gasteiger partial charge in [0, 0.05) is 37.4 Å². The van der Waals surface area contributed by atoms with E-state index in [9.17, 15) is 0 Å². The molecule has 0 fully saturated rings. The van der Waals surface area contributed by atoms with Crippen molar-refractivity contribution in [3.05, 3.63) is 103 Å². The molecule has 0 amide bonds. The maximum absolute atomic E-state index is 2.22. The smallest absolute Gasteiger partial charge is 0.0455 e. The molecule has 25 heavy (non-hydrogen) atoms. The van der Waals surface area contributed by atoms with Gasteiger partial charge in [0.25, 0.3) is 0 Å². The monoisotopic (exact) mass is 328 g/mol. The number of rotatable bonds is 6. The minimum Gasteiger partial charge on any atom is -0.378 e. The molecule has 0 saturated carbocycles. The van der Waals surface area contributed by atoms with Crippen molar-refractivity contribution in [3.63, 3.8) is 0 Å². The van der Waals surface area contributed by atoms with Gasteiger partial charge >= 0.3 is 0 Å². The Morgan fingerprint density at radius 1 is 0.640 bits per heavy atom. The lowest BCUT2D eigenvalue weighted by Gasteiger charge is -2.20. The van der Waals surface area contributed by atoms with Crippen LogP contribution in [-0.4, -0.2) is 14.1 Å². The van der Waals surface area contributed by atoms with Gasteiger partial charge in [-0.05, 0) is 48.4 Å². The first-order valence-corrected chi connectivity index (χ1v) is 8.56. The van der Waals surface area contributed by atoms with Crippen molar-refractivity contribution in [3.8, 4) is 0 Å². The average molecular weight is 328 g/mol. The third kappa shape index (κ3) is 4.51. The highest BCUT2D eigenvalue weighted by Crippen LogP contribution is 2.25. The molecule has 0 N–H and O–H groups in total. The first-order chi connectivity index (χ1) is 12.2. The van der Waals surface area contributed by atoms with Crippen LogP contribution in [0.1, 0.15) is 5.56 Å². The molecule has 0 atom stereocenters. The van der Waals surface area contributed by atoms with Crippen LogP contribution in [0.15, 0.2) is 97.2 Å². The van der Waals surface area contributed by atoms with Crippen molar-refractivity contribution in [2.75, 3.05) is 23.9 Å². The van der Waals surface area contributed by atoms with E-state index in [1.54, 1.807) is 0 Å². The van der Waals surface area contributed by atoms with Gasteiger partial charge in [-0.15, -0.1) is 0 Å². The SMILES string of the molecule is CN(C)c1ccc(CC=CN(c2ccccc2)c2ccccc2)cc1. The van der Waals surface area contributed by atoms with Crippen LogP contribution in [0.2, 0.25) is 0 Å². The predicted molar refractivity (Wildman–Crippen MR) is 109 cm³/mol. The van der Waals surface area contributed by atoms with Crippen LogP contribution in [0.3, 0.4) is 0 Å². The zero-order valence-corrected chi connectivity index (χ0v) is 14.8. The highest BCUT2D eigenvalue weighted by Gasteiger charge is 2.04. The molecule has 0 bridgehead atoms. The second-order valence-corrected chi connectivity index (χ2v) is 6.19. The van der Waals surface area contributed by atoms with E-state index in [2.05, 4.69) is 109 Å². The summed E-state index contributed by atoms with van der Waals surface area (Å²) >= 11 is 0. The normalized spacial score (nSPS) is 10.8. The number of para-hydroxylation sites is 2. The first-order valence-electron chi connectivity index (χ1n) is 8.56. The summed E-state index contributed by atoms with van der Waals surface area (Å²) in [4.78, 5) is 4.33. The van der Waals surface area contributed by atoms with Crippen LogP contribution in [0.5, 0.6) is 0 Å². The van der Waals surface area contributed by atoms with Gasteiger partial charge in [0.15, 0.2) is 0 Å². The van der Waals surface area contributed by atoms with Crippen LogP contribution in [0.4, 0.5) is 17.1 Å². The van der Waals surface area contributed by atoms with Crippen LogP contribution >= 0.6 is 0 Å². The van der Waals surface area contributed by atoms with E-state index >= 15 is 0 Å². The fraction of sp³-hybridized carbons (Fsp3) is 0.130. The molecule has 0 spiro atoms. The summed E-state index contributed by atoms with van der Waals surface area (Å²) < 4.78 is 0. The molecular formula is C23H24N2. The van der Waals surface area contributed by atoms with Crippen molar-refractivity contribution >= 4 is 17.1 Å². The number of benzene rings is 3. The summed E-state index contributed by atoms with van der Waals surface area (Å²) in [5, 5.41) is 0. The van der Waals surface area contributed by atoms with Gasteiger partial charge in [0.05, 0.1) is 0 Å². The molecule has 0 radical (unpaired) electrons. The minimum absolute atomic E-state index is 0.907. The van der Waals surface area contributed by atoms with Crippen LogP contribution in [-0.2, 0) is 6.42 Å². The van der Waals surface area contributed by atoms with Gasteiger partial charge in [-0.1, -0.05) is 54.6 Å². The number of anilines is 3. The number of hydrogen-bond donors (Lipinski definition) is 0. The van der Waals surface area contributed by atoms with Gasteiger partial charge in [0.2, 0.25) is 0 Å². The maximum atomic E-state index is 2.22. The van der Waals surface area contributed by atoms with Crippen molar-refractivity contribution < 1.29 is 0 Å². The summed E-state index contributed by atoms with van der Waals surface area (Å²) in [7, 11) is 4.12. The van der Waals surface area contributed by atoms with Gasteiger partial charge in [0.1, 0.15) is 0 Å². The van der Waals surface area contributed by atoms with Crippen LogP contribution in [0, 0.1) is 0 Å². The molecule has 0 aliphatic heterocycles. The summed E-state index contributed by atoms with van der Waals surface area (Å²) in [6.07, 6.45) is 5.28. The lowest BCUT2D eigenvalue weighted by Crippen LogP contribution is -2.08. The summed E-state index contributed by atoms with van der Waals surface area (Å²) in [6, 6.07) is 29.6. The third-order valence-electron chi connectivity index (χ3n) is 4.13. The zero-order chi connectivity index (χ0) is 17.5. The Morgan fingerprint density at radius 2 is 1.16 bits per heavy atom. The van der Waals surface area contributed by atoms with E-state index in [0.29, 0.717) is 0 Å².